The first-order valence-electron chi connectivity index (χ1n) is 12.2. The third-order valence-electron chi connectivity index (χ3n) is 5.83. The van der Waals surface area contributed by atoms with Gasteiger partial charge in [0.2, 0.25) is 11.8 Å². The Morgan fingerprint density at radius 3 is 2.65 bits per heavy atom. The van der Waals surface area contributed by atoms with Crippen LogP contribution in [0.25, 0.3) is 0 Å². The molecule has 8 nitrogen and oxygen atoms in total. The van der Waals surface area contributed by atoms with Gasteiger partial charge in [0.25, 0.3) is 0 Å². The maximum absolute atomic E-state index is 12.8. The largest absolute Gasteiger partial charge is 0.497 e. The van der Waals surface area contributed by atoms with Gasteiger partial charge in [-0.1, -0.05) is 0 Å². The molecule has 1 aliphatic heterocycles. The first kappa shape index (κ1) is 27.2. The molecule has 1 atom stereocenters. The van der Waals surface area contributed by atoms with Crippen molar-refractivity contribution in [2.45, 2.75) is 39.0 Å². The molecule has 1 saturated heterocycles. The van der Waals surface area contributed by atoms with E-state index in [0.717, 1.165) is 35.0 Å². The molecule has 2 aromatic carbocycles. The normalized spacial score (nSPS) is 15.2. The number of methoxy groups -OCH3 is 1. The number of hydrogen-bond donors (Lipinski definition) is 0. The molecule has 0 bridgehead atoms. The van der Waals surface area contributed by atoms with Crippen LogP contribution in [0.5, 0.6) is 23.1 Å². The third-order valence-corrected chi connectivity index (χ3v) is 6.55. The lowest BCUT2D eigenvalue weighted by atomic mass is 10.1. The highest BCUT2D eigenvalue weighted by Gasteiger charge is 2.21. The summed E-state index contributed by atoms with van der Waals surface area (Å²) in [6, 6.07) is 16.8. The summed E-state index contributed by atoms with van der Waals surface area (Å²) in [7, 11) is 1.61. The van der Waals surface area contributed by atoms with Crippen LogP contribution in [0.15, 0.2) is 60.8 Å². The number of aromatic nitrogens is 1. The molecule has 9 heteroatoms. The Hall–Kier alpha value is -2.89. The van der Waals surface area contributed by atoms with Crippen LogP contribution >= 0.6 is 22.6 Å². The molecule has 1 unspecified atom stereocenters. The monoisotopic (exact) mass is 618 g/mol. The Morgan fingerprint density at radius 1 is 1.11 bits per heavy atom. The van der Waals surface area contributed by atoms with E-state index in [4.69, 9.17) is 23.7 Å². The van der Waals surface area contributed by atoms with Crippen LogP contribution in [-0.4, -0.2) is 44.1 Å². The minimum absolute atomic E-state index is 0.160. The number of benzene rings is 2. The Bertz CT molecular complexity index is 1170. The van der Waals surface area contributed by atoms with Crippen molar-refractivity contribution in [3.8, 4) is 23.1 Å². The van der Waals surface area contributed by atoms with Crippen molar-refractivity contribution < 1.29 is 28.5 Å². The minimum Gasteiger partial charge on any atom is -0.497 e. The highest BCUT2D eigenvalue weighted by Crippen LogP contribution is 2.33. The number of carbonyl (C=O) groups is 1. The van der Waals surface area contributed by atoms with Crippen molar-refractivity contribution >= 4 is 34.2 Å². The summed E-state index contributed by atoms with van der Waals surface area (Å²) < 4.78 is 30.1. The van der Waals surface area contributed by atoms with Gasteiger partial charge >= 0.3 is 0 Å². The smallest absolute Gasteiger partial charge is 0.243 e. The topological polar surface area (TPSA) is 79.4 Å². The number of anilines is 1. The summed E-state index contributed by atoms with van der Waals surface area (Å²) in [6.45, 7) is 3.25. The van der Waals surface area contributed by atoms with Crippen LogP contribution in [0, 0.1) is 3.57 Å². The first-order valence-corrected chi connectivity index (χ1v) is 13.3. The van der Waals surface area contributed by atoms with Crippen LogP contribution in [-0.2, 0) is 20.8 Å². The average Bonchev–Trinajstić information content (AvgIpc) is 2.92. The van der Waals surface area contributed by atoms with E-state index >= 15 is 0 Å². The van der Waals surface area contributed by atoms with Crippen LogP contribution < -0.4 is 19.1 Å². The maximum atomic E-state index is 12.8. The van der Waals surface area contributed by atoms with Gasteiger partial charge in [0.1, 0.15) is 29.5 Å². The molecule has 0 N–H and O–H groups in total. The van der Waals surface area contributed by atoms with Gasteiger partial charge in [-0.15, -0.1) is 0 Å². The number of halogens is 1. The Balaban J connectivity index is 1.51. The van der Waals surface area contributed by atoms with Crippen molar-refractivity contribution in [1.29, 1.82) is 0 Å². The Morgan fingerprint density at radius 2 is 1.92 bits per heavy atom. The molecule has 196 valence electrons. The number of pyridine rings is 1. The fourth-order valence-electron chi connectivity index (χ4n) is 3.94. The zero-order valence-electron chi connectivity index (χ0n) is 21.0. The number of nitrogens with zero attached hydrogens (tertiary/aromatic N) is 2. The van der Waals surface area contributed by atoms with Gasteiger partial charge in [0.15, 0.2) is 6.29 Å². The van der Waals surface area contributed by atoms with Crippen molar-refractivity contribution in [2.24, 2.45) is 0 Å². The van der Waals surface area contributed by atoms with Crippen LogP contribution in [0.4, 0.5) is 5.69 Å². The van der Waals surface area contributed by atoms with E-state index in [1.165, 1.54) is 6.92 Å². The Kier molecular flexibility index (Phi) is 9.98. The summed E-state index contributed by atoms with van der Waals surface area (Å²) in [5.41, 5.74) is 1.34. The molecular weight excluding hydrogens is 587 g/mol. The molecule has 0 aliphatic carbocycles. The molecule has 0 radical (unpaired) electrons. The van der Waals surface area contributed by atoms with Crippen molar-refractivity contribution in [3.63, 3.8) is 0 Å². The average molecular weight is 618 g/mol. The highest BCUT2D eigenvalue weighted by atomic mass is 127. The molecule has 3 aromatic rings. The highest BCUT2D eigenvalue weighted by molar-refractivity contribution is 14.1. The fourth-order valence-corrected chi connectivity index (χ4v) is 4.30. The number of rotatable bonds is 11. The van der Waals surface area contributed by atoms with Gasteiger partial charge in [-0.25, -0.2) is 4.98 Å². The summed E-state index contributed by atoms with van der Waals surface area (Å²) in [5, 5.41) is 0. The molecule has 2 heterocycles. The lowest BCUT2D eigenvalue weighted by Gasteiger charge is -2.25. The summed E-state index contributed by atoms with van der Waals surface area (Å²) >= 11 is 2.24. The summed E-state index contributed by atoms with van der Waals surface area (Å²) in [5.74, 6) is 2.12. The van der Waals surface area contributed by atoms with Crippen LogP contribution in [0.1, 0.15) is 31.7 Å². The molecular formula is C28H31IN2O6. The quantitative estimate of drug-likeness (QED) is 0.194. The third kappa shape index (κ3) is 7.80. The number of hydrogen-bond acceptors (Lipinski definition) is 7. The lowest BCUT2D eigenvalue weighted by molar-refractivity contribution is -0.165. The van der Waals surface area contributed by atoms with Gasteiger partial charge in [0, 0.05) is 28.9 Å². The van der Waals surface area contributed by atoms with E-state index in [0.29, 0.717) is 42.0 Å². The van der Waals surface area contributed by atoms with Crippen LogP contribution in [0.2, 0.25) is 0 Å². The second-order valence-electron chi connectivity index (χ2n) is 8.48. The second-order valence-corrected chi connectivity index (χ2v) is 9.72. The fraction of sp³-hybridized carbons (Fsp3) is 0.357. The van der Waals surface area contributed by atoms with E-state index in [1.54, 1.807) is 24.3 Å². The predicted molar refractivity (Wildman–Crippen MR) is 148 cm³/mol. The van der Waals surface area contributed by atoms with Crippen molar-refractivity contribution in [2.75, 3.05) is 31.8 Å². The van der Waals surface area contributed by atoms with Gasteiger partial charge < -0.3 is 28.6 Å². The lowest BCUT2D eigenvalue weighted by Crippen LogP contribution is -2.29. The summed E-state index contributed by atoms with van der Waals surface area (Å²) in [4.78, 5) is 18.8. The first-order chi connectivity index (χ1) is 18.0. The number of ether oxygens (including phenoxy) is 5. The molecule has 1 fully saturated rings. The zero-order chi connectivity index (χ0) is 26.0. The summed E-state index contributed by atoms with van der Waals surface area (Å²) in [6.07, 6.45) is 4.56. The van der Waals surface area contributed by atoms with Crippen molar-refractivity contribution in [1.82, 2.24) is 4.98 Å². The molecule has 1 aromatic heterocycles. The zero-order valence-corrected chi connectivity index (χ0v) is 23.2. The molecule has 37 heavy (non-hydrogen) atoms. The van der Waals surface area contributed by atoms with E-state index in [9.17, 15) is 4.79 Å². The molecule has 1 aliphatic rings. The standard InChI is InChI=1S/C28H31IN2O6/c1-20(32)31(25-6-5-14-30-28(25)37-23-10-8-22(29)9-11-23)19-21-18-24(33-2)12-13-26(21)34-16-17-36-27-7-3-4-15-35-27/h5-6,8-14,18,27H,3-4,7,15-17,19H2,1-2H3. The van der Waals surface area contributed by atoms with Gasteiger partial charge in [0.05, 0.1) is 20.3 Å². The Labute approximate surface area is 231 Å². The van der Waals surface area contributed by atoms with Gasteiger partial charge in [-0.3, -0.25) is 4.79 Å². The van der Waals surface area contributed by atoms with Gasteiger partial charge in [-0.2, -0.15) is 0 Å². The van der Waals surface area contributed by atoms with Crippen LogP contribution in [0.3, 0.4) is 0 Å². The molecule has 0 saturated carbocycles. The molecule has 0 spiro atoms. The second kappa shape index (κ2) is 13.6. The van der Waals surface area contributed by atoms with E-state index in [2.05, 4.69) is 27.6 Å². The van der Waals surface area contributed by atoms with Crippen molar-refractivity contribution in [3.05, 3.63) is 69.9 Å². The van der Waals surface area contributed by atoms with Gasteiger partial charge in [-0.05, 0) is 96.5 Å². The minimum atomic E-state index is -0.169. The predicted octanol–water partition coefficient (Wildman–Crippen LogP) is 5.96. The van der Waals surface area contributed by atoms with E-state index < -0.39 is 0 Å². The SMILES string of the molecule is COc1ccc(OCCOC2CCCCO2)c(CN(C(C)=O)c2cccnc2Oc2ccc(I)cc2)c1. The number of amides is 1. The molecule has 1 amide bonds. The van der Waals surface area contributed by atoms with E-state index in [1.807, 2.05) is 48.5 Å². The maximum Gasteiger partial charge on any atom is 0.243 e. The van der Waals surface area contributed by atoms with E-state index in [-0.39, 0.29) is 18.7 Å². The number of carbonyl (C=O) groups excluding carboxylic acids is 1. The molecule has 4 rings (SSSR count).